The Morgan fingerprint density at radius 1 is 1.53 bits per heavy atom. The smallest absolute Gasteiger partial charge is 0.339 e. The molecule has 7 heteroatoms. The zero-order chi connectivity index (χ0) is 13.2. The molecule has 0 saturated heterocycles. The predicted molar refractivity (Wildman–Crippen MR) is 74.2 cm³/mol. The van der Waals surface area contributed by atoms with E-state index < -0.39 is 0 Å². The highest BCUT2D eigenvalue weighted by Crippen LogP contribution is 1.96. The maximum atomic E-state index is 10.8. The van der Waals surface area contributed by atoms with Gasteiger partial charge in [0.05, 0.1) is 24.7 Å². The number of imidazole rings is 1. The van der Waals surface area contributed by atoms with Crippen LogP contribution in [0.3, 0.4) is 0 Å². The molecule has 104 valence electrons. The Bertz CT molecular complexity index is 448. The average Bonchev–Trinajstić information content (AvgIpc) is 2.93. The quantitative estimate of drug-likeness (QED) is 0.826. The molecule has 3 N–H and O–H groups in total. The fourth-order valence-electron chi connectivity index (χ4n) is 1.18. The number of halogens is 1. The molecule has 0 spiro atoms. The summed E-state index contributed by atoms with van der Waals surface area (Å²) in [6.45, 7) is 0.671. The van der Waals surface area contributed by atoms with Gasteiger partial charge >= 0.3 is 5.97 Å². The number of ether oxygens (including phenoxy) is 1. The molecule has 2 heterocycles. The lowest BCUT2D eigenvalue weighted by Crippen LogP contribution is -2.02. The van der Waals surface area contributed by atoms with Crippen LogP contribution in [0.2, 0.25) is 0 Å². The maximum Gasteiger partial charge on any atom is 0.339 e. The van der Waals surface area contributed by atoms with Crippen LogP contribution in [0.15, 0.2) is 37.1 Å². The van der Waals surface area contributed by atoms with Crippen molar-refractivity contribution in [1.82, 2.24) is 15.0 Å². The van der Waals surface area contributed by atoms with Crippen molar-refractivity contribution in [3.63, 3.8) is 0 Å². The van der Waals surface area contributed by atoms with Crippen molar-refractivity contribution in [2.24, 2.45) is 5.73 Å². The largest absolute Gasteiger partial charge is 0.465 e. The number of carbonyl (C=O) groups is 1. The van der Waals surface area contributed by atoms with Gasteiger partial charge in [-0.15, -0.1) is 12.4 Å². The summed E-state index contributed by atoms with van der Waals surface area (Å²) in [5.74, 6) is -0.354. The molecular formula is C12H17ClN4O2. The summed E-state index contributed by atoms with van der Waals surface area (Å²) in [6.07, 6.45) is 7.44. The average molecular weight is 285 g/mol. The van der Waals surface area contributed by atoms with Crippen molar-refractivity contribution < 1.29 is 9.53 Å². The van der Waals surface area contributed by atoms with Gasteiger partial charge in [-0.1, -0.05) is 0 Å². The van der Waals surface area contributed by atoms with E-state index >= 15 is 0 Å². The van der Waals surface area contributed by atoms with E-state index in [1.807, 2.05) is 6.20 Å². The number of methoxy groups -OCH3 is 1. The van der Waals surface area contributed by atoms with Crippen LogP contribution in [0.1, 0.15) is 16.1 Å². The number of carbonyl (C=O) groups excluding carboxylic acids is 1. The first kappa shape index (κ1) is 17.1. The number of nitrogens with one attached hydrogen (secondary N) is 1. The third-order valence-electron chi connectivity index (χ3n) is 2.04. The summed E-state index contributed by atoms with van der Waals surface area (Å²) in [7, 11) is 1.34. The minimum Gasteiger partial charge on any atom is -0.465 e. The molecule has 6 nitrogen and oxygen atoms in total. The normalized spacial score (nSPS) is 8.74. The summed E-state index contributed by atoms with van der Waals surface area (Å²) in [5, 5.41) is 0. The van der Waals surface area contributed by atoms with Gasteiger partial charge in [0.15, 0.2) is 0 Å². The first-order valence-corrected chi connectivity index (χ1v) is 5.44. The number of nitrogens with two attached hydrogens (primary N) is 1. The monoisotopic (exact) mass is 284 g/mol. The van der Waals surface area contributed by atoms with Crippen LogP contribution in [0.25, 0.3) is 0 Å². The highest BCUT2D eigenvalue weighted by Gasteiger charge is 2.01. The number of aromatic nitrogens is 3. The Morgan fingerprint density at radius 2 is 2.32 bits per heavy atom. The van der Waals surface area contributed by atoms with Gasteiger partial charge in [0.2, 0.25) is 0 Å². The maximum absolute atomic E-state index is 10.8. The lowest BCUT2D eigenvalue weighted by atomic mass is 10.3. The fraction of sp³-hybridized carbons (Fsp3) is 0.250. The number of H-pyrrole nitrogens is 1. The molecule has 0 aliphatic heterocycles. The van der Waals surface area contributed by atoms with Crippen LogP contribution >= 0.6 is 12.4 Å². The van der Waals surface area contributed by atoms with Crippen molar-refractivity contribution in [2.75, 3.05) is 13.7 Å². The van der Waals surface area contributed by atoms with Gasteiger partial charge in [-0.2, -0.15) is 0 Å². The standard InChI is InChI=1S/C7H7NO2.C5H9N3.ClH/c1-10-7(9)6-3-2-4-8-5-6;6-2-1-5-3-7-4-8-5;/h2-5H,1H3;3-4H,1-2,6H2,(H,7,8);1H. The summed E-state index contributed by atoms with van der Waals surface area (Å²) in [5.41, 5.74) is 6.78. The second kappa shape index (κ2) is 10.0. The lowest BCUT2D eigenvalue weighted by molar-refractivity contribution is 0.0600. The van der Waals surface area contributed by atoms with Gasteiger partial charge in [-0.05, 0) is 18.7 Å². The molecular weight excluding hydrogens is 268 g/mol. The SMILES string of the molecule is COC(=O)c1cccnc1.Cl.NCCc1c[nH]cn1. The molecule has 2 rings (SSSR count). The molecule has 0 fully saturated rings. The van der Waals surface area contributed by atoms with E-state index in [2.05, 4.69) is 19.7 Å². The molecule has 0 saturated carbocycles. The van der Waals surface area contributed by atoms with Crippen LogP contribution in [0, 0.1) is 0 Å². The molecule has 0 aliphatic carbocycles. The van der Waals surface area contributed by atoms with E-state index in [1.165, 1.54) is 13.3 Å². The van der Waals surface area contributed by atoms with E-state index in [4.69, 9.17) is 5.73 Å². The van der Waals surface area contributed by atoms with Gasteiger partial charge in [0, 0.05) is 25.0 Å². The number of pyridine rings is 1. The van der Waals surface area contributed by atoms with Gasteiger partial charge < -0.3 is 15.5 Å². The minimum atomic E-state index is -0.354. The Hall–Kier alpha value is -1.92. The van der Waals surface area contributed by atoms with Gasteiger partial charge in [0.1, 0.15) is 0 Å². The second-order valence-corrected chi connectivity index (χ2v) is 3.33. The zero-order valence-corrected chi connectivity index (χ0v) is 11.4. The minimum absolute atomic E-state index is 0. The summed E-state index contributed by atoms with van der Waals surface area (Å²) in [4.78, 5) is 21.3. The van der Waals surface area contributed by atoms with Crippen molar-refractivity contribution >= 4 is 18.4 Å². The molecule has 0 radical (unpaired) electrons. The number of hydrogen-bond donors (Lipinski definition) is 2. The van der Waals surface area contributed by atoms with E-state index in [1.54, 1.807) is 24.7 Å². The molecule has 0 bridgehead atoms. The van der Waals surface area contributed by atoms with Gasteiger partial charge in [-0.25, -0.2) is 9.78 Å². The van der Waals surface area contributed by atoms with Crippen molar-refractivity contribution in [3.05, 3.63) is 48.3 Å². The number of hydrogen-bond acceptors (Lipinski definition) is 5. The molecule has 0 amide bonds. The molecule has 0 unspecified atom stereocenters. The first-order valence-electron chi connectivity index (χ1n) is 5.44. The lowest BCUT2D eigenvalue weighted by Gasteiger charge is -1.94. The van der Waals surface area contributed by atoms with Crippen LogP contribution in [0.5, 0.6) is 0 Å². The Labute approximate surface area is 117 Å². The second-order valence-electron chi connectivity index (χ2n) is 3.33. The van der Waals surface area contributed by atoms with E-state index in [0.717, 1.165) is 12.1 Å². The zero-order valence-electron chi connectivity index (χ0n) is 10.6. The summed E-state index contributed by atoms with van der Waals surface area (Å²) < 4.78 is 4.46. The van der Waals surface area contributed by atoms with E-state index in [9.17, 15) is 4.79 Å². The number of rotatable bonds is 3. The fourth-order valence-corrected chi connectivity index (χ4v) is 1.18. The Kier molecular flexibility index (Phi) is 9.03. The summed E-state index contributed by atoms with van der Waals surface area (Å²) in [6, 6.07) is 3.34. The van der Waals surface area contributed by atoms with Crippen LogP contribution in [-0.2, 0) is 11.2 Å². The van der Waals surface area contributed by atoms with Crippen LogP contribution < -0.4 is 5.73 Å². The third-order valence-corrected chi connectivity index (χ3v) is 2.04. The van der Waals surface area contributed by atoms with Gasteiger partial charge in [0.25, 0.3) is 0 Å². The van der Waals surface area contributed by atoms with Crippen molar-refractivity contribution in [1.29, 1.82) is 0 Å². The molecule has 2 aromatic heterocycles. The van der Waals surface area contributed by atoms with Crippen molar-refractivity contribution in [2.45, 2.75) is 6.42 Å². The topological polar surface area (TPSA) is 93.9 Å². The molecule has 0 atom stereocenters. The number of nitrogens with zero attached hydrogens (tertiary/aromatic N) is 2. The molecule has 19 heavy (non-hydrogen) atoms. The first-order chi connectivity index (χ1) is 8.77. The summed E-state index contributed by atoms with van der Waals surface area (Å²) >= 11 is 0. The third kappa shape index (κ3) is 6.54. The highest BCUT2D eigenvalue weighted by molar-refractivity contribution is 5.88. The van der Waals surface area contributed by atoms with Crippen molar-refractivity contribution in [3.8, 4) is 0 Å². The van der Waals surface area contributed by atoms with Crippen LogP contribution in [-0.4, -0.2) is 34.6 Å². The Morgan fingerprint density at radius 3 is 2.79 bits per heavy atom. The molecule has 0 aliphatic rings. The van der Waals surface area contributed by atoms with Gasteiger partial charge in [-0.3, -0.25) is 4.98 Å². The molecule has 0 aromatic carbocycles. The number of aromatic amines is 1. The van der Waals surface area contributed by atoms with E-state index in [0.29, 0.717) is 12.1 Å². The van der Waals surface area contributed by atoms with Crippen LogP contribution in [0.4, 0.5) is 0 Å². The Balaban J connectivity index is 0.000000331. The highest BCUT2D eigenvalue weighted by atomic mass is 35.5. The molecule has 2 aromatic rings. The number of esters is 1. The predicted octanol–water partition coefficient (Wildman–Crippen LogP) is 1.20. The van der Waals surface area contributed by atoms with E-state index in [-0.39, 0.29) is 18.4 Å².